The van der Waals surface area contributed by atoms with Gasteiger partial charge in [-0.2, -0.15) is 5.26 Å². The molecule has 1 aliphatic heterocycles. The van der Waals surface area contributed by atoms with Gasteiger partial charge in [0.15, 0.2) is 17.3 Å². The number of rotatable bonds is 5. The predicted octanol–water partition coefficient (Wildman–Crippen LogP) is 4.67. The van der Waals surface area contributed by atoms with Gasteiger partial charge in [-0.25, -0.2) is 0 Å². The number of nitriles is 1. The molecule has 4 rings (SSSR count). The number of allylic oxidation sites excluding steroid dienone is 3. The third kappa shape index (κ3) is 3.77. The van der Waals surface area contributed by atoms with Crippen molar-refractivity contribution in [2.24, 2.45) is 5.73 Å². The summed E-state index contributed by atoms with van der Waals surface area (Å²) in [7, 11) is 4.57. The van der Waals surface area contributed by atoms with Crippen LogP contribution in [-0.2, 0) is 4.79 Å². The van der Waals surface area contributed by atoms with E-state index >= 15 is 0 Å². The van der Waals surface area contributed by atoms with Gasteiger partial charge in [0, 0.05) is 28.4 Å². The third-order valence-corrected chi connectivity index (χ3v) is 6.27. The van der Waals surface area contributed by atoms with Gasteiger partial charge in [-0.15, -0.1) is 0 Å². The van der Waals surface area contributed by atoms with Crippen LogP contribution < -0.4 is 24.8 Å². The molecule has 33 heavy (non-hydrogen) atoms. The van der Waals surface area contributed by atoms with Crippen molar-refractivity contribution < 1.29 is 19.0 Å². The molecule has 0 fully saturated rings. The highest BCUT2D eigenvalue weighted by molar-refractivity contribution is 6.30. The molecule has 0 amide bonds. The van der Waals surface area contributed by atoms with Gasteiger partial charge in [-0.1, -0.05) is 11.6 Å². The molecule has 8 heteroatoms. The molecule has 0 saturated heterocycles. The highest BCUT2D eigenvalue weighted by Gasteiger charge is 2.41. The van der Waals surface area contributed by atoms with E-state index in [-0.39, 0.29) is 17.2 Å². The van der Waals surface area contributed by atoms with Crippen LogP contribution in [0.3, 0.4) is 0 Å². The van der Waals surface area contributed by atoms with E-state index in [1.807, 2.05) is 12.1 Å². The molecular weight excluding hydrogens is 442 g/mol. The van der Waals surface area contributed by atoms with E-state index in [1.165, 1.54) is 21.3 Å². The summed E-state index contributed by atoms with van der Waals surface area (Å²) < 4.78 is 16.5. The average Bonchev–Trinajstić information content (AvgIpc) is 2.83. The minimum atomic E-state index is -0.643. The molecule has 0 radical (unpaired) electrons. The molecule has 0 unspecified atom stereocenters. The molecule has 0 aromatic heterocycles. The predicted molar refractivity (Wildman–Crippen MR) is 125 cm³/mol. The first kappa shape index (κ1) is 22.6. The lowest BCUT2D eigenvalue weighted by Gasteiger charge is -2.39. The maximum absolute atomic E-state index is 13.3. The van der Waals surface area contributed by atoms with Crippen molar-refractivity contribution in [2.45, 2.75) is 25.2 Å². The molecule has 2 aliphatic rings. The van der Waals surface area contributed by atoms with Gasteiger partial charge >= 0.3 is 0 Å². The van der Waals surface area contributed by atoms with E-state index in [0.29, 0.717) is 52.7 Å². The molecular formula is C25H24ClN3O4. The van der Waals surface area contributed by atoms with Gasteiger partial charge in [0.2, 0.25) is 5.75 Å². The Morgan fingerprint density at radius 1 is 1.06 bits per heavy atom. The van der Waals surface area contributed by atoms with E-state index in [4.69, 9.17) is 31.5 Å². The average molecular weight is 466 g/mol. The summed E-state index contributed by atoms with van der Waals surface area (Å²) in [6.45, 7) is 0. The van der Waals surface area contributed by atoms with Crippen LogP contribution in [0.2, 0.25) is 5.02 Å². The first-order valence-electron chi connectivity index (χ1n) is 10.5. The number of anilines is 1. The van der Waals surface area contributed by atoms with Gasteiger partial charge in [0.25, 0.3) is 0 Å². The molecule has 1 atom stereocenters. The lowest BCUT2D eigenvalue weighted by atomic mass is 9.75. The zero-order valence-electron chi connectivity index (χ0n) is 18.6. The van der Waals surface area contributed by atoms with Crippen LogP contribution in [-0.4, -0.2) is 27.1 Å². The fourth-order valence-corrected chi connectivity index (χ4v) is 4.70. The van der Waals surface area contributed by atoms with Crippen molar-refractivity contribution in [1.29, 1.82) is 5.26 Å². The Balaban J connectivity index is 1.98. The second kappa shape index (κ2) is 9.08. The number of Topliss-reactive ketones (excluding diaryl/α,β-unsaturated/α-hetero) is 1. The Hall–Kier alpha value is -3.63. The molecule has 0 spiro atoms. The number of carbonyl (C=O) groups excluding carboxylic acids is 1. The molecule has 0 bridgehead atoms. The van der Waals surface area contributed by atoms with Gasteiger partial charge in [-0.3, -0.25) is 9.69 Å². The summed E-state index contributed by atoms with van der Waals surface area (Å²) in [5.74, 6) is 0.944. The summed E-state index contributed by atoms with van der Waals surface area (Å²) in [6.07, 6.45) is 1.77. The summed E-state index contributed by atoms with van der Waals surface area (Å²) in [5.41, 5.74) is 9.66. The van der Waals surface area contributed by atoms with Crippen molar-refractivity contribution in [3.05, 3.63) is 69.6 Å². The largest absolute Gasteiger partial charge is 0.493 e. The first-order chi connectivity index (χ1) is 15.9. The van der Waals surface area contributed by atoms with Gasteiger partial charge in [0.1, 0.15) is 5.82 Å². The lowest BCUT2D eigenvalue weighted by molar-refractivity contribution is -0.116. The topological polar surface area (TPSA) is 97.8 Å². The van der Waals surface area contributed by atoms with Gasteiger partial charge < -0.3 is 19.9 Å². The number of ketones is 1. The Morgan fingerprint density at radius 2 is 1.70 bits per heavy atom. The summed E-state index contributed by atoms with van der Waals surface area (Å²) in [4.78, 5) is 15.1. The van der Waals surface area contributed by atoms with Crippen LogP contribution in [0.25, 0.3) is 0 Å². The first-order valence-corrected chi connectivity index (χ1v) is 10.8. The Labute approximate surface area is 197 Å². The van der Waals surface area contributed by atoms with E-state index in [2.05, 4.69) is 6.07 Å². The van der Waals surface area contributed by atoms with Crippen LogP contribution in [0.5, 0.6) is 17.2 Å². The number of methoxy groups -OCH3 is 3. The second-order valence-corrected chi connectivity index (χ2v) is 8.19. The normalized spacial score (nSPS) is 18.1. The maximum atomic E-state index is 13.3. The minimum Gasteiger partial charge on any atom is -0.493 e. The lowest BCUT2D eigenvalue weighted by Crippen LogP contribution is -2.38. The van der Waals surface area contributed by atoms with Crippen molar-refractivity contribution in [3.63, 3.8) is 0 Å². The van der Waals surface area contributed by atoms with Crippen LogP contribution >= 0.6 is 11.6 Å². The molecule has 2 N–H and O–H groups in total. The number of nitrogens with zero attached hydrogens (tertiary/aromatic N) is 2. The quantitative estimate of drug-likeness (QED) is 0.685. The van der Waals surface area contributed by atoms with Gasteiger partial charge in [-0.05, 0) is 54.8 Å². The number of nitrogens with two attached hydrogens (primary N) is 1. The number of hydrogen-bond acceptors (Lipinski definition) is 7. The number of carbonyl (C=O) groups is 1. The van der Waals surface area contributed by atoms with Crippen LogP contribution in [0, 0.1) is 11.3 Å². The smallest absolute Gasteiger partial charge is 0.203 e. The number of halogens is 1. The number of ether oxygens (including phenoxy) is 3. The van der Waals surface area contributed by atoms with Crippen molar-refractivity contribution in [1.82, 2.24) is 0 Å². The fourth-order valence-electron chi connectivity index (χ4n) is 4.57. The maximum Gasteiger partial charge on any atom is 0.203 e. The summed E-state index contributed by atoms with van der Waals surface area (Å²) in [5, 5.41) is 10.8. The fraction of sp³-hybridized carbons (Fsp3) is 0.280. The molecule has 0 saturated carbocycles. The van der Waals surface area contributed by atoms with E-state index in [0.717, 1.165) is 11.4 Å². The summed E-state index contributed by atoms with van der Waals surface area (Å²) in [6, 6.07) is 13.0. The number of hydrogen-bond donors (Lipinski definition) is 1. The highest BCUT2D eigenvalue weighted by Crippen LogP contribution is 2.49. The van der Waals surface area contributed by atoms with Crippen molar-refractivity contribution >= 4 is 23.1 Å². The second-order valence-electron chi connectivity index (χ2n) is 7.75. The zero-order chi connectivity index (χ0) is 23.7. The molecule has 170 valence electrons. The standard InChI is InChI=1S/C25H24ClN3O4/c1-31-20-11-14(12-21(32-2)24(20)33-3)22-17(13-27)25(28)29(16-9-7-15(26)8-10-16)18-5-4-6-19(30)23(18)22/h7-12,22H,4-6,28H2,1-3H3/t22-/m1/s1. The molecule has 2 aromatic rings. The highest BCUT2D eigenvalue weighted by atomic mass is 35.5. The Bertz CT molecular complexity index is 1190. The Kier molecular flexibility index (Phi) is 6.21. The van der Waals surface area contributed by atoms with E-state index in [1.54, 1.807) is 29.2 Å². The van der Waals surface area contributed by atoms with Crippen molar-refractivity contribution in [2.75, 3.05) is 26.2 Å². The Morgan fingerprint density at radius 3 is 2.24 bits per heavy atom. The minimum absolute atomic E-state index is 0.00536. The molecule has 1 aliphatic carbocycles. The summed E-state index contributed by atoms with van der Waals surface area (Å²) >= 11 is 6.07. The van der Waals surface area contributed by atoms with Crippen LogP contribution in [0.1, 0.15) is 30.7 Å². The third-order valence-electron chi connectivity index (χ3n) is 6.02. The van der Waals surface area contributed by atoms with E-state index < -0.39 is 5.92 Å². The van der Waals surface area contributed by atoms with Crippen LogP contribution in [0.15, 0.2) is 59.1 Å². The van der Waals surface area contributed by atoms with E-state index in [9.17, 15) is 10.1 Å². The van der Waals surface area contributed by atoms with Crippen molar-refractivity contribution in [3.8, 4) is 23.3 Å². The monoisotopic (exact) mass is 465 g/mol. The van der Waals surface area contributed by atoms with Gasteiger partial charge in [0.05, 0.1) is 38.9 Å². The molecule has 2 aromatic carbocycles. The SMILES string of the molecule is COc1cc([C@@H]2C(C#N)=C(N)N(c3ccc(Cl)cc3)C3=C2C(=O)CCC3)cc(OC)c1OC. The van der Waals surface area contributed by atoms with Crippen LogP contribution in [0.4, 0.5) is 5.69 Å². The zero-order valence-corrected chi connectivity index (χ0v) is 19.4. The number of benzene rings is 2. The molecule has 1 heterocycles. The molecule has 7 nitrogen and oxygen atoms in total.